The molecule has 0 aliphatic heterocycles. The number of phenolic OH excluding ortho intramolecular Hbond substituents is 1. The molecule has 0 aromatic heterocycles. The highest BCUT2D eigenvalue weighted by Gasteiger charge is 2.18. The molecule has 3 heteroatoms. The van der Waals surface area contributed by atoms with Crippen molar-refractivity contribution in [1.29, 1.82) is 0 Å². The van der Waals surface area contributed by atoms with E-state index < -0.39 is 6.10 Å². The second kappa shape index (κ2) is 4.94. The van der Waals surface area contributed by atoms with Crippen molar-refractivity contribution in [2.75, 3.05) is 0 Å². The molecule has 0 aliphatic carbocycles. The van der Waals surface area contributed by atoms with Crippen molar-refractivity contribution in [2.45, 2.75) is 26.4 Å². The Kier molecular flexibility index (Phi) is 3.86. The molecule has 1 atom stereocenters. The van der Waals surface area contributed by atoms with Gasteiger partial charge < -0.3 is 10.2 Å². The van der Waals surface area contributed by atoms with Crippen LogP contribution in [-0.4, -0.2) is 22.1 Å². The number of benzene rings is 1. The standard InChI is InChI=1S/C12H16O3/c1-8(2)12(15)11(14)7-9-3-5-10(13)6-4-9/h3-6,8,11,13-14H,7H2,1-2H3/t11-/m0/s1. The van der Waals surface area contributed by atoms with Gasteiger partial charge in [-0.05, 0) is 17.7 Å². The first-order chi connectivity index (χ1) is 7.00. The van der Waals surface area contributed by atoms with Gasteiger partial charge in [0.1, 0.15) is 11.9 Å². The van der Waals surface area contributed by atoms with Crippen LogP contribution in [0, 0.1) is 5.92 Å². The number of rotatable bonds is 4. The molecule has 0 fully saturated rings. The normalized spacial score (nSPS) is 12.8. The minimum Gasteiger partial charge on any atom is -0.508 e. The number of Topliss-reactive ketones (excluding diaryl/α,β-unsaturated/α-hetero) is 1. The fraction of sp³-hybridized carbons (Fsp3) is 0.417. The summed E-state index contributed by atoms with van der Waals surface area (Å²) in [5, 5.41) is 18.7. The lowest BCUT2D eigenvalue weighted by Crippen LogP contribution is -2.27. The van der Waals surface area contributed by atoms with E-state index in [1.807, 2.05) is 0 Å². The molecule has 0 heterocycles. The molecule has 0 unspecified atom stereocenters. The number of ketones is 1. The van der Waals surface area contributed by atoms with Crippen molar-refractivity contribution < 1.29 is 15.0 Å². The third kappa shape index (κ3) is 3.36. The van der Waals surface area contributed by atoms with Gasteiger partial charge in [0.15, 0.2) is 5.78 Å². The summed E-state index contributed by atoms with van der Waals surface area (Å²) < 4.78 is 0. The summed E-state index contributed by atoms with van der Waals surface area (Å²) in [5.74, 6) is -0.122. The first-order valence-electron chi connectivity index (χ1n) is 5.00. The summed E-state index contributed by atoms with van der Waals surface area (Å²) in [7, 11) is 0. The Morgan fingerprint density at radius 3 is 2.27 bits per heavy atom. The number of carbonyl (C=O) groups excluding carboxylic acids is 1. The molecule has 0 bridgehead atoms. The summed E-state index contributed by atoms with van der Waals surface area (Å²) >= 11 is 0. The molecule has 15 heavy (non-hydrogen) atoms. The molecule has 82 valence electrons. The number of aliphatic hydroxyl groups is 1. The fourth-order valence-electron chi connectivity index (χ4n) is 1.34. The number of aliphatic hydroxyl groups excluding tert-OH is 1. The lowest BCUT2D eigenvalue weighted by Gasteiger charge is -2.11. The molecule has 1 aromatic rings. The van der Waals surface area contributed by atoms with Crippen LogP contribution < -0.4 is 0 Å². The highest BCUT2D eigenvalue weighted by molar-refractivity contribution is 5.84. The average Bonchev–Trinajstić information content (AvgIpc) is 2.20. The zero-order valence-electron chi connectivity index (χ0n) is 8.97. The monoisotopic (exact) mass is 208 g/mol. The van der Waals surface area contributed by atoms with Crippen LogP contribution in [0.4, 0.5) is 0 Å². The topological polar surface area (TPSA) is 57.5 Å². The van der Waals surface area contributed by atoms with Crippen LogP contribution >= 0.6 is 0 Å². The van der Waals surface area contributed by atoms with Crippen LogP contribution in [-0.2, 0) is 11.2 Å². The van der Waals surface area contributed by atoms with Crippen molar-refractivity contribution in [3.63, 3.8) is 0 Å². The Labute approximate surface area is 89.4 Å². The highest BCUT2D eigenvalue weighted by Crippen LogP contribution is 2.12. The third-order valence-corrected chi connectivity index (χ3v) is 2.26. The largest absolute Gasteiger partial charge is 0.508 e. The maximum Gasteiger partial charge on any atom is 0.164 e. The summed E-state index contributed by atoms with van der Waals surface area (Å²) in [6.45, 7) is 3.53. The van der Waals surface area contributed by atoms with Crippen LogP contribution in [0.3, 0.4) is 0 Å². The number of aromatic hydroxyl groups is 1. The van der Waals surface area contributed by atoms with Gasteiger partial charge in [-0.1, -0.05) is 26.0 Å². The molecule has 1 rings (SSSR count). The molecule has 0 spiro atoms. The van der Waals surface area contributed by atoms with E-state index in [0.29, 0.717) is 6.42 Å². The second-order valence-electron chi connectivity index (χ2n) is 3.94. The molecular weight excluding hydrogens is 192 g/mol. The highest BCUT2D eigenvalue weighted by atomic mass is 16.3. The van der Waals surface area contributed by atoms with Crippen molar-refractivity contribution in [3.8, 4) is 5.75 Å². The zero-order chi connectivity index (χ0) is 11.4. The molecule has 1 aromatic carbocycles. The van der Waals surface area contributed by atoms with E-state index in [1.54, 1.807) is 38.1 Å². The first kappa shape index (κ1) is 11.7. The minimum atomic E-state index is -0.949. The molecule has 0 saturated heterocycles. The second-order valence-corrected chi connectivity index (χ2v) is 3.94. The van der Waals surface area contributed by atoms with Crippen LogP contribution in [0.5, 0.6) is 5.75 Å². The van der Waals surface area contributed by atoms with E-state index in [4.69, 9.17) is 5.11 Å². The Morgan fingerprint density at radius 2 is 1.80 bits per heavy atom. The van der Waals surface area contributed by atoms with E-state index >= 15 is 0 Å². The zero-order valence-corrected chi connectivity index (χ0v) is 8.97. The van der Waals surface area contributed by atoms with Crippen LogP contribution in [0.15, 0.2) is 24.3 Å². The number of hydrogen-bond acceptors (Lipinski definition) is 3. The number of phenols is 1. The van der Waals surface area contributed by atoms with Gasteiger partial charge in [0.05, 0.1) is 0 Å². The minimum absolute atomic E-state index is 0.150. The predicted molar refractivity (Wildman–Crippen MR) is 57.7 cm³/mol. The molecule has 0 saturated carbocycles. The molecule has 2 N–H and O–H groups in total. The smallest absolute Gasteiger partial charge is 0.164 e. The van der Waals surface area contributed by atoms with Crippen LogP contribution in [0.1, 0.15) is 19.4 Å². The summed E-state index contributed by atoms with van der Waals surface area (Å²) in [6, 6.07) is 6.49. The maximum absolute atomic E-state index is 11.4. The molecule has 0 radical (unpaired) electrons. The van der Waals surface area contributed by atoms with Crippen molar-refractivity contribution in [3.05, 3.63) is 29.8 Å². The van der Waals surface area contributed by atoms with Gasteiger partial charge in [0.25, 0.3) is 0 Å². The maximum atomic E-state index is 11.4. The Morgan fingerprint density at radius 1 is 1.27 bits per heavy atom. The van der Waals surface area contributed by atoms with Gasteiger partial charge in [-0.25, -0.2) is 0 Å². The van der Waals surface area contributed by atoms with Gasteiger partial charge in [-0.2, -0.15) is 0 Å². The van der Waals surface area contributed by atoms with Gasteiger partial charge in [-0.15, -0.1) is 0 Å². The van der Waals surface area contributed by atoms with E-state index in [9.17, 15) is 9.90 Å². The Bertz CT molecular complexity index is 327. The van der Waals surface area contributed by atoms with Gasteiger partial charge >= 0.3 is 0 Å². The van der Waals surface area contributed by atoms with E-state index in [2.05, 4.69) is 0 Å². The van der Waals surface area contributed by atoms with Gasteiger partial charge in [-0.3, -0.25) is 4.79 Å². The van der Waals surface area contributed by atoms with Gasteiger partial charge in [0.2, 0.25) is 0 Å². The number of carbonyl (C=O) groups is 1. The van der Waals surface area contributed by atoms with Crippen molar-refractivity contribution >= 4 is 5.78 Å². The van der Waals surface area contributed by atoms with E-state index in [-0.39, 0.29) is 17.5 Å². The molecular formula is C12H16O3. The van der Waals surface area contributed by atoms with E-state index in [1.165, 1.54) is 0 Å². The quantitative estimate of drug-likeness (QED) is 0.788. The Balaban J connectivity index is 2.62. The first-order valence-corrected chi connectivity index (χ1v) is 5.00. The van der Waals surface area contributed by atoms with Crippen molar-refractivity contribution in [2.24, 2.45) is 5.92 Å². The summed E-state index contributed by atoms with van der Waals surface area (Å²) in [4.78, 5) is 11.4. The summed E-state index contributed by atoms with van der Waals surface area (Å²) in [6.07, 6.45) is -0.647. The number of hydrogen-bond donors (Lipinski definition) is 2. The lowest BCUT2D eigenvalue weighted by atomic mass is 9.98. The summed E-state index contributed by atoms with van der Waals surface area (Å²) in [5.41, 5.74) is 0.842. The van der Waals surface area contributed by atoms with E-state index in [0.717, 1.165) is 5.56 Å². The Hall–Kier alpha value is -1.35. The predicted octanol–water partition coefficient (Wildman–Crippen LogP) is 1.52. The molecule has 0 amide bonds. The third-order valence-electron chi connectivity index (χ3n) is 2.26. The molecule has 0 aliphatic rings. The average molecular weight is 208 g/mol. The van der Waals surface area contributed by atoms with Crippen LogP contribution in [0.25, 0.3) is 0 Å². The van der Waals surface area contributed by atoms with Gasteiger partial charge in [0, 0.05) is 12.3 Å². The SMILES string of the molecule is CC(C)C(=O)[C@@H](O)Cc1ccc(O)cc1. The lowest BCUT2D eigenvalue weighted by molar-refractivity contribution is -0.130. The molecule has 3 nitrogen and oxygen atoms in total. The fourth-order valence-corrected chi connectivity index (χ4v) is 1.34. The van der Waals surface area contributed by atoms with Crippen molar-refractivity contribution in [1.82, 2.24) is 0 Å². The van der Waals surface area contributed by atoms with Crippen LogP contribution in [0.2, 0.25) is 0 Å².